The Morgan fingerprint density at radius 2 is 1.57 bits per heavy atom. The quantitative estimate of drug-likeness (QED) is 0.117. The monoisotopic (exact) mass is 558 g/mol. The Kier molecular flexibility index (Phi) is 16.5. The minimum absolute atomic E-state index is 0.0356. The predicted octanol–water partition coefficient (Wildman–Crippen LogP) is 6.12. The molecule has 1 aliphatic rings. The highest BCUT2D eigenvalue weighted by Gasteiger charge is 2.23. The fraction of sp³-hybridized carbons (Fsp3) is 0.636. The van der Waals surface area contributed by atoms with E-state index in [9.17, 15) is 9.59 Å². The molecule has 0 amide bonds. The maximum absolute atomic E-state index is 11.9. The normalized spacial score (nSPS) is 17.7. The van der Waals surface area contributed by atoms with E-state index in [1.807, 2.05) is 0 Å². The van der Waals surface area contributed by atoms with E-state index >= 15 is 0 Å². The van der Waals surface area contributed by atoms with Gasteiger partial charge >= 0.3 is 11.9 Å². The first-order chi connectivity index (χ1) is 19.3. The third kappa shape index (κ3) is 13.7. The number of carbonyl (C=O) groups is 2. The van der Waals surface area contributed by atoms with Crippen LogP contribution in [0.2, 0.25) is 0 Å². The molecule has 224 valence electrons. The Hall–Kier alpha value is -2.48. The van der Waals surface area contributed by atoms with Crippen LogP contribution in [0.1, 0.15) is 82.8 Å². The van der Waals surface area contributed by atoms with Crippen LogP contribution in [-0.2, 0) is 41.4 Å². The third-order valence-corrected chi connectivity index (χ3v) is 7.29. The van der Waals surface area contributed by atoms with E-state index in [4.69, 9.17) is 24.1 Å². The fourth-order valence-electron chi connectivity index (χ4n) is 4.64. The Morgan fingerprint density at radius 3 is 2.20 bits per heavy atom. The topological polar surface area (TPSA) is 91.3 Å². The molecule has 7 nitrogen and oxygen atoms in total. The minimum Gasteiger partial charge on any atom is -0.462 e. The third-order valence-electron chi connectivity index (χ3n) is 7.29. The second kappa shape index (κ2) is 19.6. The molecule has 1 aromatic rings. The van der Waals surface area contributed by atoms with Crippen LogP contribution < -0.4 is 0 Å². The van der Waals surface area contributed by atoms with Crippen molar-refractivity contribution in [2.45, 2.75) is 90.8 Å². The lowest BCUT2D eigenvalue weighted by Crippen LogP contribution is -2.32. The molecule has 1 fully saturated rings. The summed E-state index contributed by atoms with van der Waals surface area (Å²) in [6.07, 6.45) is 10.7. The number of aliphatic hydroxyl groups is 1. The van der Waals surface area contributed by atoms with E-state index in [2.05, 4.69) is 44.3 Å². The molecule has 1 saturated heterocycles. The number of carbonyl (C=O) groups excluding carboxylic acids is 2. The largest absolute Gasteiger partial charge is 0.462 e. The number of aliphatic hydroxyl groups excluding tert-OH is 1. The lowest BCUT2D eigenvalue weighted by Gasteiger charge is -2.30. The highest BCUT2D eigenvalue weighted by molar-refractivity contribution is 5.88. The first-order valence-corrected chi connectivity index (χ1v) is 14.9. The average molecular weight is 559 g/mol. The zero-order chi connectivity index (χ0) is 29.2. The van der Waals surface area contributed by atoms with Crippen LogP contribution in [0.4, 0.5) is 0 Å². The first-order valence-electron chi connectivity index (χ1n) is 14.9. The molecule has 1 unspecified atom stereocenters. The Morgan fingerprint density at radius 1 is 0.925 bits per heavy atom. The van der Waals surface area contributed by atoms with E-state index in [0.29, 0.717) is 31.1 Å². The van der Waals surface area contributed by atoms with E-state index < -0.39 is 18.5 Å². The molecular weight excluding hydrogens is 508 g/mol. The van der Waals surface area contributed by atoms with Gasteiger partial charge in [0.05, 0.1) is 38.6 Å². The second-order valence-electron chi connectivity index (χ2n) is 11.0. The standard InChI is InChI=1S/C33H50O7/c1-5-6-7-10-27-14-16-28(17-15-27)18-19-30-23-38-31(39-24-30)13-8-11-29(22-40-32(35)25(2)3)12-9-20-37-33(36)26(4)21-34/h14-17,29-31,34H,2,4-13,18-24H2,1,3H3. The van der Waals surface area contributed by atoms with E-state index in [-0.39, 0.29) is 31.0 Å². The van der Waals surface area contributed by atoms with Crippen LogP contribution in [0.15, 0.2) is 48.6 Å². The summed E-state index contributed by atoms with van der Waals surface area (Å²) in [7, 11) is 0. The summed E-state index contributed by atoms with van der Waals surface area (Å²) in [6.45, 7) is 12.5. The van der Waals surface area contributed by atoms with Crippen LogP contribution in [-0.4, -0.2) is 56.4 Å². The zero-order valence-corrected chi connectivity index (χ0v) is 24.7. The molecular formula is C33H50O7. The van der Waals surface area contributed by atoms with E-state index in [1.165, 1.54) is 30.4 Å². The number of unbranched alkanes of at least 4 members (excludes halogenated alkanes) is 2. The van der Waals surface area contributed by atoms with Crippen LogP contribution in [0.5, 0.6) is 0 Å². The summed E-state index contributed by atoms with van der Waals surface area (Å²) in [5, 5.41) is 8.97. The van der Waals surface area contributed by atoms with Crippen LogP contribution in [0.3, 0.4) is 0 Å². The van der Waals surface area contributed by atoms with Crippen molar-refractivity contribution in [1.29, 1.82) is 0 Å². The van der Waals surface area contributed by atoms with Crippen molar-refractivity contribution in [3.05, 3.63) is 59.7 Å². The van der Waals surface area contributed by atoms with Crippen LogP contribution in [0, 0.1) is 11.8 Å². The average Bonchev–Trinajstić information content (AvgIpc) is 2.97. The smallest absolute Gasteiger partial charge is 0.335 e. The van der Waals surface area contributed by atoms with Crippen molar-refractivity contribution in [2.24, 2.45) is 11.8 Å². The Bertz CT molecular complexity index is 900. The van der Waals surface area contributed by atoms with Crippen LogP contribution >= 0.6 is 0 Å². The first kappa shape index (κ1) is 33.7. The number of aryl methyl sites for hydroxylation is 2. The molecule has 1 aromatic carbocycles. The number of benzene rings is 1. The zero-order valence-electron chi connectivity index (χ0n) is 24.7. The Balaban J connectivity index is 1.66. The molecule has 1 atom stereocenters. The van der Waals surface area contributed by atoms with E-state index in [0.717, 1.165) is 44.9 Å². The lowest BCUT2D eigenvalue weighted by molar-refractivity contribution is -0.204. The van der Waals surface area contributed by atoms with Crippen molar-refractivity contribution in [1.82, 2.24) is 0 Å². The van der Waals surface area contributed by atoms with Crippen molar-refractivity contribution >= 4 is 11.9 Å². The van der Waals surface area contributed by atoms with Gasteiger partial charge in [-0.05, 0) is 81.8 Å². The summed E-state index contributed by atoms with van der Waals surface area (Å²) in [5.41, 5.74) is 3.20. The molecule has 2 rings (SSSR count). The fourth-order valence-corrected chi connectivity index (χ4v) is 4.64. The summed E-state index contributed by atoms with van der Waals surface area (Å²) in [4.78, 5) is 23.5. The van der Waals surface area contributed by atoms with Gasteiger partial charge in [-0.3, -0.25) is 0 Å². The molecule has 0 spiro atoms. The van der Waals surface area contributed by atoms with Gasteiger partial charge in [0, 0.05) is 11.5 Å². The molecule has 0 aromatic heterocycles. The van der Waals surface area contributed by atoms with Gasteiger partial charge in [0.25, 0.3) is 0 Å². The van der Waals surface area contributed by atoms with Crippen LogP contribution in [0.25, 0.3) is 0 Å². The summed E-state index contributed by atoms with van der Waals surface area (Å²) in [5.74, 6) is -0.464. The summed E-state index contributed by atoms with van der Waals surface area (Å²) >= 11 is 0. The van der Waals surface area contributed by atoms with Crippen molar-refractivity contribution in [3.63, 3.8) is 0 Å². The second-order valence-corrected chi connectivity index (χ2v) is 11.0. The highest BCUT2D eigenvalue weighted by atomic mass is 16.7. The lowest BCUT2D eigenvalue weighted by atomic mass is 9.97. The molecule has 40 heavy (non-hydrogen) atoms. The van der Waals surface area contributed by atoms with Crippen molar-refractivity contribution in [3.8, 4) is 0 Å². The number of hydrogen-bond acceptors (Lipinski definition) is 7. The van der Waals surface area contributed by atoms with Gasteiger partial charge < -0.3 is 24.1 Å². The maximum Gasteiger partial charge on any atom is 0.335 e. The molecule has 7 heteroatoms. The molecule has 0 radical (unpaired) electrons. The van der Waals surface area contributed by atoms with Crippen molar-refractivity contribution < 1.29 is 33.6 Å². The van der Waals surface area contributed by atoms with Gasteiger partial charge in [0.1, 0.15) is 0 Å². The highest BCUT2D eigenvalue weighted by Crippen LogP contribution is 2.23. The van der Waals surface area contributed by atoms with Gasteiger partial charge in [0.2, 0.25) is 0 Å². The Labute approximate surface area is 240 Å². The molecule has 0 saturated carbocycles. The van der Waals surface area contributed by atoms with Gasteiger partial charge in [-0.25, -0.2) is 9.59 Å². The number of ether oxygens (including phenoxy) is 4. The SMILES string of the molecule is C=C(C)C(=O)OCC(CCCOC(=O)C(=C)CO)CCCC1OCC(CCc2ccc(CCCCC)cc2)CO1. The van der Waals surface area contributed by atoms with Gasteiger partial charge in [-0.2, -0.15) is 0 Å². The van der Waals surface area contributed by atoms with Gasteiger partial charge in [-0.1, -0.05) is 57.2 Å². The van der Waals surface area contributed by atoms with E-state index in [1.54, 1.807) is 6.92 Å². The molecule has 1 aliphatic heterocycles. The summed E-state index contributed by atoms with van der Waals surface area (Å²) < 4.78 is 22.6. The minimum atomic E-state index is -0.589. The molecule has 1 N–H and O–H groups in total. The molecule has 0 aliphatic carbocycles. The van der Waals surface area contributed by atoms with Gasteiger partial charge in [0.15, 0.2) is 6.29 Å². The molecule has 1 heterocycles. The van der Waals surface area contributed by atoms with Gasteiger partial charge in [-0.15, -0.1) is 0 Å². The number of esters is 2. The number of rotatable bonds is 20. The summed E-state index contributed by atoms with van der Waals surface area (Å²) in [6, 6.07) is 9.05. The predicted molar refractivity (Wildman–Crippen MR) is 157 cm³/mol. The van der Waals surface area contributed by atoms with Crippen molar-refractivity contribution in [2.75, 3.05) is 33.0 Å². The molecule has 0 bridgehead atoms. The number of hydrogen-bond donors (Lipinski definition) is 1. The maximum atomic E-state index is 11.9.